The van der Waals surface area contributed by atoms with Crippen molar-refractivity contribution in [1.82, 2.24) is 14.5 Å². The summed E-state index contributed by atoms with van der Waals surface area (Å²) in [4.78, 5) is 31.7. The quantitative estimate of drug-likeness (QED) is 0.296. The third-order valence-electron chi connectivity index (χ3n) is 7.17. The zero-order chi connectivity index (χ0) is 31.9. The molecule has 3 aromatic rings. The molecule has 43 heavy (non-hydrogen) atoms. The number of amides is 2. The Hall–Kier alpha value is -3.47. The van der Waals surface area contributed by atoms with Crippen molar-refractivity contribution in [3.63, 3.8) is 0 Å². The first-order valence-electron chi connectivity index (χ1n) is 14.6. The molecule has 1 fully saturated rings. The summed E-state index contributed by atoms with van der Waals surface area (Å²) < 4.78 is 46.1. The van der Waals surface area contributed by atoms with Crippen LogP contribution < -0.4 is 0 Å². The van der Waals surface area contributed by atoms with Crippen LogP contribution >= 0.6 is 0 Å². The minimum absolute atomic E-state index is 0.107. The molecule has 0 saturated carbocycles. The highest BCUT2D eigenvalue weighted by Gasteiger charge is 2.32. The highest BCUT2D eigenvalue weighted by atomic mass is 32.2. The van der Waals surface area contributed by atoms with Gasteiger partial charge in [-0.05, 0) is 110 Å². The number of fused-ring (bicyclic) bond motifs is 1. The maximum atomic E-state index is 14.8. The van der Waals surface area contributed by atoms with Crippen molar-refractivity contribution in [2.75, 3.05) is 13.1 Å². The second kappa shape index (κ2) is 11.9. The number of aromatic nitrogens is 2. The number of benzene rings is 1. The number of likely N-dealkylation sites (tertiary alicyclic amines) is 1. The lowest BCUT2D eigenvalue weighted by Gasteiger charge is -2.24. The van der Waals surface area contributed by atoms with Gasteiger partial charge in [-0.3, -0.25) is 4.98 Å². The highest BCUT2D eigenvalue weighted by Crippen LogP contribution is 2.35. The van der Waals surface area contributed by atoms with Crippen LogP contribution in [0.4, 0.5) is 14.0 Å². The fourth-order valence-electron chi connectivity index (χ4n) is 5.32. The van der Waals surface area contributed by atoms with Gasteiger partial charge in [0.1, 0.15) is 17.0 Å². The molecule has 1 saturated heterocycles. The molecule has 11 heteroatoms. The molecule has 0 radical (unpaired) electrons. The predicted molar refractivity (Wildman–Crippen MR) is 166 cm³/mol. The molecular weight excluding hydrogens is 571 g/mol. The molecule has 3 heterocycles. The van der Waals surface area contributed by atoms with Gasteiger partial charge < -0.3 is 18.9 Å². The van der Waals surface area contributed by atoms with Gasteiger partial charge in [0.05, 0.1) is 32.0 Å². The van der Waals surface area contributed by atoms with Crippen LogP contribution in [0.15, 0.2) is 46.0 Å². The number of carbonyl (C=O) groups is 2. The van der Waals surface area contributed by atoms with Gasteiger partial charge in [-0.25, -0.2) is 18.2 Å². The van der Waals surface area contributed by atoms with E-state index in [1.807, 2.05) is 38.5 Å². The van der Waals surface area contributed by atoms with Crippen LogP contribution in [0.3, 0.4) is 0 Å². The second-order valence-electron chi connectivity index (χ2n) is 13.5. The van der Waals surface area contributed by atoms with E-state index in [0.29, 0.717) is 25.2 Å². The summed E-state index contributed by atoms with van der Waals surface area (Å²) in [6, 6.07) is 4.05. The zero-order valence-corrected chi connectivity index (χ0v) is 27.4. The van der Waals surface area contributed by atoms with Crippen molar-refractivity contribution < 1.29 is 27.7 Å². The molecular formula is C32H43FN4O5S. The van der Waals surface area contributed by atoms with Crippen molar-refractivity contribution in [2.24, 2.45) is 10.3 Å². The number of nitrogens with zero attached hydrogens (tertiary/aromatic N) is 4. The first-order chi connectivity index (χ1) is 19.9. The molecule has 1 aliphatic rings. The summed E-state index contributed by atoms with van der Waals surface area (Å²) in [6.07, 6.45) is 5.71. The fourth-order valence-corrected chi connectivity index (χ4v) is 7.14. The van der Waals surface area contributed by atoms with Crippen molar-refractivity contribution in [3.05, 3.63) is 53.7 Å². The van der Waals surface area contributed by atoms with Gasteiger partial charge in [0.25, 0.3) is 0 Å². The fraction of sp³-hybridized carbons (Fsp3) is 0.531. The zero-order valence-electron chi connectivity index (χ0n) is 26.6. The number of ether oxygens (including phenoxy) is 2. The van der Waals surface area contributed by atoms with E-state index in [1.54, 1.807) is 58.0 Å². The molecule has 0 N–H and O–H groups in total. The Morgan fingerprint density at radius 3 is 2.42 bits per heavy atom. The average molecular weight is 615 g/mol. The molecule has 2 amide bonds. The SMILES string of the molecule is Cc1cncc2c1c(C[C@H]1CCN(C(=O)OC(C)(C)C)C1)cn2-c1ccc(F)cc1S(=O)(=NC(=O)OC(C)(C)C)C(C)C. The smallest absolute Gasteiger partial charge is 0.442 e. The maximum absolute atomic E-state index is 14.8. The highest BCUT2D eigenvalue weighted by molar-refractivity contribution is 7.94. The summed E-state index contributed by atoms with van der Waals surface area (Å²) in [5.41, 5.74) is 1.78. The van der Waals surface area contributed by atoms with Gasteiger partial charge in [0.15, 0.2) is 0 Å². The van der Waals surface area contributed by atoms with Crippen LogP contribution in [0.25, 0.3) is 16.6 Å². The Labute approximate surface area is 253 Å². The lowest BCUT2D eigenvalue weighted by Crippen LogP contribution is -2.35. The molecule has 0 aliphatic carbocycles. The van der Waals surface area contributed by atoms with Crippen LogP contribution in [0.2, 0.25) is 0 Å². The number of hydrogen-bond donors (Lipinski definition) is 0. The topological polar surface area (TPSA) is 103 Å². The van der Waals surface area contributed by atoms with Gasteiger partial charge in [0, 0.05) is 36.1 Å². The van der Waals surface area contributed by atoms with E-state index in [0.717, 1.165) is 28.5 Å². The molecule has 9 nitrogen and oxygen atoms in total. The number of carbonyl (C=O) groups excluding carboxylic acids is 2. The number of rotatable bonds is 5. The Balaban J connectivity index is 1.80. The summed E-state index contributed by atoms with van der Waals surface area (Å²) in [6.45, 7) is 17.2. The maximum Gasteiger partial charge on any atom is 0.442 e. The van der Waals surface area contributed by atoms with Gasteiger partial charge in [-0.1, -0.05) is 0 Å². The number of aryl methyl sites for hydroxylation is 1. The molecule has 234 valence electrons. The monoisotopic (exact) mass is 614 g/mol. The van der Waals surface area contributed by atoms with Crippen LogP contribution in [0.5, 0.6) is 0 Å². The molecule has 0 bridgehead atoms. The summed E-state index contributed by atoms with van der Waals surface area (Å²) in [5.74, 6) is -0.389. The van der Waals surface area contributed by atoms with Gasteiger partial charge >= 0.3 is 12.2 Å². The Morgan fingerprint density at radius 1 is 1.12 bits per heavy atom. The lowest BCUT2D eigenvalue weighted by molar-refractivity contribution is 0.0288. The molecule has 2 aromatic heterocycles. The van der Waals surface area contributed by atoms with Crippen LogP contribution in [0, 0.1) is 18.7 Å². The summed E-state index contributed by atoms with van der Waals surface area (Å²) in [7, 11) is -3.47. The van der Waals surface area contributed by atoms with Crippen LogP contribution in [-0.2, 0) is 25.6 Å². The number of hydrogen-bond acceptors (Lipinski definition) is 6. The van der Waals surface area contributed by atoms with Gasteiger partial charge in [-0.2, -0.15) is 0 Å². The summed E-state index contributed by atoms with van der Waals surface area (Å²) in [5, 5.41) is 0.361. The Morgan fingerprint density at radius 2 is 1.79 bits per heavy atom. The molecule has 1 aromatic carbocycles. The van der Waals surface area contributed by atoms with E-state index in [9.17, 15) is 18.2 Å². The minimum Gasteiger partial charge on any atom is -0.444 e. The minimum atomic E-state index is -3.47. The van der Waals surface area contributed by atoms with Crippen LogP contribution in [-0.4, -0.2) is 60.4 Å². The van der Waals surface area contributed by atoms with Crippen molar-refractivity contribution in [2.45, 2.75) is 96.5 Å². The largest absolute Gasteiger partial charge is 0.444 e. The predicted octanol–water partition coefficient (Wildman–Crippen LogP) is 7.44. The van der Waals surface area contributed by atoms with Gasteiger partial charge in [-0.15, -0.1) is 4.36 Å². The number of pyridine rings is 1. The molecule has 4 rings (SSSR count). The molecule has 1 unspecified atom stereocenters. The first kappa shape index (κ1) is 32.4. The van der Waals surface area contributed by atoms with Crippen molar-refractivity contribution in [1.29, 1.82) is 0 Å². The summed E-state index contributed by atoms with van der Waals surface area (Å²) >= 11 is 0. The van der Waals surface area contributed by atoms with E-state index in [1.165, 1.54) is 12.1 Å². The average Bonchev–Trinajstić information content (AvgIpc) is 3.47. The van der Waals surface area contributed by atoms with E-state index < -0.39 is 38.1 Å². The Bertz CT molecular complexity index is 1660. The van der Waals surface area contributed by atoms with Gasteiger partial charge in [0.2, 0.25) is 0 Å². The number of halogens is 1. The second-order valence-corrected chi connectivity index (χ2v) is 16.2. The van der Waals surface area contributed by atoms with E-state index in [4.69, 9.17) is 9.47 Å². The van der Waals surface area contributed by atoms with E-state index >= 15 is 0 Å². The normalized spacial score (nSPS) is 17.3. The molecule has 0 spiro atoms. The van der Waals surface area contributed by atoms with Crippen LogP contribution in [0.1, 0.15) is 72.9 Å². The lowest BCUT2D eigenvalue weighted by atomic mass is 9.97. The first-order valence-corrected chi connectivity index (χ1v) is 16.2. The molecule has 1 aliphatic heterocycles. The van der Waals surface area contributed by atoms with E-state index in [2.05, 4.69) is 9.35 Å². The third-order valence-corrected chi connectivity index (χ3v) is 9.82. The van der Waals surface area contributed by atoms with E-state index in [-0.39, 0.29) is 16.9 Å². The standard InChI is InChI=1S/C32H43FN4O5S/c1-20(2)43(40,35-29(38)41-31(4,5)6)27-15-24(33)10-11-25(27)37-19-23(28-21(3)16-34-17-26(28)37)14-22-12-13-36(18-22)30(39)42-32(7,8)9/h10-11,15-17,19-20,22H,12-14,18H2,1-9H3/t22-,43?/m1/s1. The Kier molecular flexibility index (Phi) is 8.98. The van der Waals surface area contributed by atoms with Crippen molar-refractivity contribution in [3.8, 4) is 5.69 Å². The third kappa shape index (κ3) is 7.37. The molecule has 2 atom stereocenters. The van der Waals surface area contributed by atoms with Crippen molar-refractivity contribution >= 4 is 32.8 Å².